The van der Waals surface area contributed by atoms with Crippen molar-refractivity contribution in [2.24, 2.45) is 5.92 Å². The first-order valence-electron chi connectivity index (χ1n) is 7.46. The topological polar surface area (TPSA) is 12.0 Å². The summed E-state index contributed by atoms with van der Waals surface area (Å²) >= 11 is 0. The van der Waals surface area contributed by atoms with Crippen molar-refractivity contribution in [2.75, 3.05) is 7.05 Å². The summed E-state index contributed by atoms with van der Waals surface area (Å²) in [6, 6.07) is 18.2. The van der Waals surface area contributed by atoms with E-state index >= 15 is 0 Å². The Morgan fingerprint density at radius 2 is 1.30 bits per heavy atom. The lowest BCUT2D eigenvalue weighted by molar-refractivity contribution is 0.647. The van der Waals surface area contributed by atoms with Gasteiger partial charge in [0.25, 0.3) is 0 Å². The van der Waals surface area contributed by atoms with Gasteiger partial charge in [-0.3, -0.25) is 0 Å². The van der Waals surface area contributed by atoms with Crippen molar-refractivity contribution in [2.45, 2.75) is 33.2 Å². The summed E-state index contributed by atoms with van der Waals surface area (Å²) in [7, 11) is 1.99. The molecule has 1 unspecified atom stereocenters. The third-order valence-electron chi connectivity index (χ3n) is 3.77. The fourth-order valence-corrected chi connectivity index (χ4v) is 2.44. The van der Waals surface area contributed by atoms with Gasteiger partial charge in [0.05, 0.1) is 0 Å². The van der Waals surface area contributed by atoms with Crippen LogP contribution in [-0.4, -0.2) is 7.05 Å². The van der Waals surface area contributed by atoms with Crippen molar-refractivity contribution in [3.63, 3.8) is 0 Å². The molecule has 0 aromatic heterocycles. The van der Waals surface area contributed by atoms with Gasteiger partial charge in [-0.05, 0) is 48.6 Å². The van der Waals surface area contributed by atoms with E-state index in [2.05, 4.69) is 74.6 Å². The first-order valence-corrected chi connectivity index (χ1v) is 7.46. The largest absolute Gasteiger partial charge is 0.313 e. The van der Waals surface area contributed by atoms with Gasteiger partial charge < -0.3 is 5.32 Å². The minimum Gasteiger partial charge on any atom is -0.313 e. The van der Waals surface area contributed by atoms with Gasteiger partial charge in [-0.1, -0.05) is 62.4 Å². The number of rotatable bonds is 5. The van der Waals surface area contributed by atoms with Crippen LogP contribution in [-0.2, 0) is 6.42 Å². The van der Waals surface area contributed by atoms with E-state index in [1.54, 1.807) is 0 Å². The summed E-state index contributed by atoms with van der Waals surface area (Å²) in [5, 5.41) is 3.27. The zero-order chi connectivity index (χ0) is 14.5. The van der Waals surface area contributed by atoms with E-state index < -0.39 is 0 Å². The smallest absolute Gasteiger partial charge is 0.0289 e. The van der Waals surface area contributed by atoms with E-state index in [1.807, 2.05) is 7.05 Å². The second-order valence-corrected chi connectivity index (χ2v) is 5.93. The highest BCUT2D eigenvalue weighted by atomic mass is 14.8. The van der Waals surface area contributed by atoms with Crippen molar-refractivity contribution in [1.82, 2.24) is 5.32 Å². The molecule has 1 N–H and O–H groups in total. The Balaban J connectivity index is 2.15. The second kappa shape index (κ2) is 6.71. The molecule has 0 saturated carbocycles. The lowest BCUT2D eigenvalue weighted by Crippen LogP contribution is -2.11. The molecule has 2 rings (SSSR count). The van der Waals surface area contributed by atoms with Crippen LogP contribution >= 0.6 is 0 Å². The third kappa shape index (κ3) is 3.71. The Morgan fingerprint density at radius 1 is 0.800 bits per heavy atom. The average Bonchev–Trinajstić information content (AvgIpc) is 2.47. The fourth-order valence-electron chi connectivity index (χ4n) is 2.44. The maximum absolute atomic E-state index is 3.27. The molecular weight excluding hydrogens is 242 g/mol. The zero-order valence-electron chi connectivity index (χ0n) is 13.0. The van der Waals surface area contributed by atoms with Gasteiger partial charge in [-0.25, -0.2) is 0 Å². The minimum absolute atomic E-state index is 0.400. The summed E-state index contributed by atoms with van der Waals surface area (Å²) in [6.45, 7) is 6.70. The molecule has 0 spiro atoms. The molecule has 1 heteroatoms. The van der Waals surface area contributed by atoms with Crippen molar-refractivity contribution in [3.8, 4) is 11.1 Å². The van der Waals surface area contributed by atoms with Crippen LogP contribution in [0.3, 0.4) is 0 Å². The third-order valence-corrected chi connectivity index (χ3v) is 3.77. The fraction of sp³-hybridized carbons (Fsp3) is 0.368. The maximum atomic E-state index is 3.27. The zero-order valence-corrected chi connectivity index (χ0v) is 13.0. The van der Waals surface area contributed by atoms with Crippen LogP contribution in [0.4, 0.5) is 0 Å². The molecule has 0 radical (unpaired) electrons. The van der Waals surface area contributed by atoms with Crippen LogP contribution in [0.2, 0.25) is 0 Å². The summed E-state index contributed by atoms with van der Waals surface area (Å²) in [4.78, 5) is 0. The molecule has 0 heterocycles. The Labute approximate surface area is 123 Å². The van der Waals surface area contributed by atoms with Gasteiger partial charge in [0.2, 0.25) is 0 Å². The summed E-state index contributed by atoms with van der Waals surface area (Å²) in [6.07, 6.45) is 1.15. The highest BCUT2D eigenvalue weighted by Crippen LogP contribution is 2.23. The molecule has 0 aliphatic rings. The van der Waals surface area contributed by atoms with Crippen molar-refractivity contribution >= 4 is 0 Å². The molecule has 106 valence electrons. The Bertz CT molecular complexity index is 523. The van der Waals surface area contributed by atoms with Gasteiger partial charge in [0.1, 0.15) is 0 Å². The predicted molar refractivity (Wildman–Crippen MR) is 87.9 cm³/mol. The molecule has 20 heavy (non-hydrogen) atoms. The highest BCUT2D eigenvalue weighted by Gasteiger charge is 2.03. The van der Waals surface area contributed by atoms with Crippen molar-refractivity contribution < 1.29 is 0 Å². The van der Waals surface area contributed by atoms with Gasteiger partial charge >= 0.3 is 0 Å². The van der Waals surface area contributed by atoms with E-state index in [0.717, 1.165) is 6.42 Å². The molecule has 0 saturated heterocycles. The van der Waals surface area contributed by atoms with Crippen LogP contribution in [0.1, 0.15) is 37.9 Å². The van der Waals surface area contributed by atoms with Crippen LogP contribution in [0, 0.1) is 5.92 Å². The Hall–Kier alpha value is -1.60. The van der Waals surface area contributed by atoms with E-state index in [9.17, 15) is 0 Å². The molecular formula is C19H25N. The molecule has 0 fully saturated rings. The van der Waals surface area contributed by atoms with E-state index in [4.69, 9.17) is 0 Å². The summed E-state index contributed by atoms with van der Waals surface area (Å²) < 4.78 is 0. The van der Waals surface area contributed by atoms with E-state index in [0.29, 0.717) is 12.0 Å². The SMILES string of the molecule is CNC(C)c1ccc(-c2ccc(CC(C)C)cc2)cc1. The Morgan fingerprint density at radius 3 is 1.75 bits per heavy atom. The maximum Gasteiger partial charge on any atom is 0.0289 e. The molecule has 2 aromatic rings. The van der Waals surface area contributed by atoms with Crippen molar-refractivity contribution in [3.05, 3.63) is 59.7 Å². The number of hydrogen-bond donors (Lipinski definition) is 1. The van der Waals surface area contributed by atoms with Gasteiger partial charge in [-0.2, -0.15) is 0 Å². The van der Waals surface area contributed by atoms with E-state index in [-0.39, 0.29) is 0 Å². The van der Waals surface area contributed by atoms with E-state index in [1.165, 1.54) is 22.3 Å². The second-order valence-electron chi connectivity index (χ2n) is 5.93. The van der Waals surface area contributed by atoms with Crippen LogP contribution in [0.15, 0.2) is 48.5 Å². The van der Waals surface area contributed by atoms with Crippen LogP contribution < -0.4 is 5.32 Å². The summed E-state index contributed by atoms with van der Waals surface area (Å²) in [5.74, 6) is 0.711. The lowest BCUT2D eigenvalue weighted by atomic mass is 9.98. The summed E-state index contributed by atoms with van der Waals surface area (Å²) in [5.41, 5.74) is 5.33. The van der Waals surface area contributed by atoms with Crippen LogP contribution in [0.25, 0.3) is 11.1 Å². The quantitative estimate of drug-likeness (QED) is 0.818. The van der Waals surface area contributed by atoms with Crippen molar-refractivity contribution in [1.29, 1.82) is 0 Å². The molecule has 2 aromatic carbocycles. The Kier molecular flexibility index (Phi) is 4.97. The molecule has 1 atom stereocenters. The van der Waals surface area contributed by atoms with Gasteiger partial charge in [0.15, 0.2) is 0 Å². The van der Waals surface area contributed by atoms with Gasteiger partial charge in [0, 0.05) is 6.04 Å². The highest BCUT2D eigenvalue weighted by molar-refractivity contribution is 5.64. The first-order chi connectivity index (χ1) is 9.60. The number of nitrogens with one attached hydrogen (secondary N) is 1. The molecule has 1 nitrogen and oxygen atoms in total. The molecule has 0 bridgehead atoms. The number of hydrogen-bond acceptors (Lipinski definition) is 1. The predicted octanol–water partition coefficient (Wildman–Crippen LogP) is 4.83. The first kappa shape index (κ1) is 14.8. The lowest BCUT2D eigenvalue weighted by Gasteiger charge is -2.11. The monoisotopic (exact) mass is 267 g/mol. The standard InChI is InChI=1S/C19H25N/c1-14(2)13-16-5-7-18(8-6-16)19-11-9-17(10-12-19)15(3)20-4/h5-12,14-15,20H,13H2,1-4H3. The molecule has 0 aliphatic heterocycles. The minimum atomic E-state index is 0.400. The van der Waals surface area contributed by atoms with Gasteiger partial charge in [-0.15, -0.1) is 0 Å². The molecule has 0 amide bonds. The normalized spacial score (nSPS) is 12.7. The number of benzene rings is 2. The molecule has 0 aliphatic carbocycles. The van der Waals surface area contributed by atoms with Crippen LogP contribution in [0.5, 0.6) is 0 Å². The average molecular weight is 267 g/mol.